The molecular weight excluding hydrogens is 250 g/mol. The molecule has 102 valence electrons. The van der Waals surface area contributed by atoms with Crippen LogP contribution in [0.1, 0.15) is 11.5 Å². The smallest absolute Gasteiger partial charge is 0.148 e. The zero-order valence-electron chi connectivity index (χ0n) is 11.7. The molecule has 2 aromatic heterocycles. The Morgan fingerprint density at radius 2 is 1.90 bits per heavy atom. The molecule has 0 unspecified atom stereocenters. The Labute approximate surface area is 117 Å². The lowest BCUT2D eigenvalue weighted by Gasteiger charge is -2.09. The molecule has 0 spiro atoms. The number of anilines is 1. The van der Waals surface area contributed by atoms with Crippen LogP contribution in [0.3, 0.4) is 0 Å². The standard InChI is InChI=1S/C15H17N5/c1-11-15(17-8-7-14-16-9-10-20(14)2)19-13-6-4-3-5-12(13)18-11/h3-6,9-10H,7-8H2,1-2H3,(H,17,19). The Morgan fingerprint density at radius 3 is 2.60 bits per heavy atom. The summed E-state index contributed by atoms with van der Waals surface area (Å²) in [5.41, 5.74) is 2.76. The molecule has 2 heterocycles. The number of hydrogen-bond acceptors (Lipinski definition) is 4. The van der Waals surface area contributed by atoms with Crippen LogP contribution >= 0.6 is 0 Å². The van der Waals surface area contributed by atoms with Gasteiger partial charge in [0.2, 0.25) is 0 Å². The predicted octanol–water partition coefficient (Wildman–Crippen LogP) is 2.33. The van der Waals surface area contributed by atoms with Crippen molar-refractivity contribution in [3.8, 4) is 0 Å². The van der Waals surface area contributed by atoms with E-state index in [0.29, 0.717) is 0 Å². The average molecular weight is 267 g/mol. The molecule has 5 heteroatoms. The lowest BCUT2D eigenvalue weighted by atomic mass is 10.3. The van der Waals surface area contributed by atoms with E-state index in [1.807, 2.05) is 55.2 Å². The number of rotatable bonds is 4. The summed E-state index contributed by atoms with van der Waals surface area (Å²) in [4.78, 5) is 13.5. The van der Waals surface area contributed by atoms with Gasteiger partial charge in [-0.3, -0.25) is 0 Å². The first-order valence-corrected chi connectivity index (χ1v) is 6.67. The molecule has 20 heavy (non-hydrogen) atoms. The fourth-order valence-corrected chi connectivity index (χ4v) is 2.19. The van der Waals surface area contributed by atoms with Gasteiger partial charge in [-0.1, -0.05) is 12.1 Å². The van der Waals surface area contributed by atoms with Gasteiger partial charge in [0.05, 0.1) is 16.7 Å². The number of hydrogen-bond donors (Lipinski definition) is 1. The van der Waals surface area contributed by atoms with Crippen molar-refractivity contribution >= 4 is 16.9 Å². The molecule has 0 atom stereocenters. The van der Waals surface area contributed by atoms with Gasteiger partial charge < -0.3 is 9.88 Å². The Kier molecular flexibility index (Phi) is 3.33. The number of nitrogens with one attached hydrogen (secondary N) is 1. The zero-order valence-corrected chi connectivity index (χ0v) is 11.7. The summed E-state index contributed by atoms with van der Waals surface area (Å²) in [7, 11) is 2.00. The number of aromatic nitrogens is 4. The summed E-state index contributed by atoms with van der Waals surface area (Å²) in [5.74, 6) is 1.90. The highest BCUT2D eigenvalue weighted by Crippen LogP contribution is 2.15. The average Bonchev–Trinajstić information content (AvgIpc) is 2.85. The fraction of sp³-hybridized carbons (Fsp3) is 0.267. The van der Waals surface area contributed by atoms with Crippen LogP contribution in [-0.4, -0.2) is 26.1 Å². The first-order chi connectivity index (χ1) is 9.74. The molecule has 3 aromatic rings. The third-order valence-corrected chi connectivity index (χ3v) is 3.31. The van der Waals surface area contributed by atoms with E-state index >= 15 is 0 Å². The van der Waals surface area contributed by atoms with Crippen molar-refractivity contribution in [2.24, 2.45) is 7.05 Å². The van der Waals surface area contributed by atoms with Gasteiger partial charge in [0.1, 0.15) is 11.6 Å². The number of para-hydroxylation sites is 2. The monoisotopic (exact) mass is 267 g/mol. The number of imidazole rings is 1. The molecule has 1 N–H and O–H groups in total. The van der Waals surface area contributed by atoms with E-state index in [0.717, 1.165) is 41.3 Å². The van der Waals surface area contributed by atoms with Gasteiger partial charge in [0.15, 0.2) is 0 Å². The molecule has 0 aliphatic rings. The van der Waals surface area contributed by atoms with E-state index in [4.69, 9.17) is 0 Å². The van der Waals surface area contributed by atoms with Gasteiger partial charge in [-0.2, -0.15) is 0 Å². The summed E-state index contributed by atoms with van der Waals surface area (Å²) < 4.78 is 2.03. The Bertz CT molecular complexity index is 732. The number of aryl methyl sites for hydroxylation is 2. The van der Waals surface area contributed by atoms with Crippen LogP contribution in [0.25, 0.3) is 11.0 Å². The summed E-state index contributed by atoms with van der Waals surface area (Å²) in [6.45, 7) is 2.77. The maximum Gasteiger partial charge on any atom is 0.148 e. The molecule has 0 saturated carbocycles. The minimum absolute atomic E-state index is 0.790. The van der Waals surface area contributed by atoms with Crippen LogP contribution in [0.2, 0.25) is 0 Å². The number of benzene rings is 1. The highest BCUT2D eigenvalue weighted by Gasteiger charge is 2.05. The van der Waals surface area contributed by atoms with Crippen molar-refractivity contribution in [1.82, 2.24) is 19.5 Å². The molecule has 3 rings (SSSR count). The van der Waals surface area contributed by atoms with E-state index in [-0.39, 0.29) is 0 Å². The van der Waals surface area contributed by atoms with Crippen molar-refractivity contribution < 1.29 is 0 Å². The lowest BCUT2D eigenvalue weighted by molar-refractivity contribution is 0.788. The second-order valence-electron chi connectivity index (χ2n) is 4.78. The summed E-state index contributed by atoms with van der Waals surface area (Å²) in [6.07, 6.45) is 4.63. The second-order valence-corrected chi connectivity index (χ2v) is 4.78. The first kappa shape index (κ1) is 12.6. The van der Waals surface area contributed by atoms with Crippen molar-refractivity contribution in [2.45, 2.75) is 13.3 Å². The second kappa shape index (κ2) is 5.28. The Hall–Kier alpha value is -2.43. The fourth-order valence-electron chi connectivity index (χ4n) is 2.19. The van der Waals surface area contributed by atoms with Gasteiger partial charge in [0, 0.05) is 32.4 Å². The van der Waals surface area contributed by atoms with Crippen LogP contribution in [0.15, 0.2) is 36.7 Å². The summed E-state index contributed by atoms with van der Waals surface area (Å²) >= 11 is 0. The molecule has 1 aromatic carbocycles. The first-order valence-electron chi connectivity index (χ1n) is 6.67. The molecule has 0 fully saturated rings. The van der Waals surface area contributed by atoms with Gasteiger partial charge in [-0.05, 0) is 19.1 Å². The molecule has 0 saturated heterocycles. The van der Waals surface area contributed by atoms with Crippen molar-refractivity contribution in [1.29, 1.82) is 0 Å². The molecule has 0 aliphatic carbocycles. The van der Waals surface area contributed by atoms with Gasteiger partial charge in [-0.15, -0.1) is 0 Å². The molecule has 0 radical (unpaired) electrons. The largest absolute Gasteiger partial charge is 0.368 e. The molecule has 5 nitrogen and oxygen atoms in total. The highest BCUT2D eigenvalue weighted by molar-refractivity contribution is 5.76. The maximum absolute atomic E-state index is 4.62. The summed E-state index contributed by atoms with van der Waals surface area (Å²) in [6, 6.07) is 7.91. The number of nitrogens with zero attached hydrogens (tertiary/aromatic N) is 4. The van der Waals surface area contributed by atoms with Gasteiger partial charge in [-0.25, -0.2) is 15.0 Å². The third-order valence-electron chi connectivity index (χ3n) is 3.31. The normalized spacial score (nSPS) is 10.9. The van der Waals surface area contributed by atoms with Crippen LogP contribution < -0.4 is 5.32 Å². The molecular formula is C15H17N5. The highest BCUT2D eigenvalue weighted by atomic mass is 15.1. The molecule has 0 aliphatic heterocycles. The van der Waals surface area contributed by atoms with Crippen LogP contribution in [0.5, 0.6) is 0 Å². The van der Waals surface area contributed by atoms with E-state index in [1.54, 1.807) is 0 Å². The van der Waals surface area contributed by atoms with Crippen LogP contribution in [-0.2, 0) is 13.5 Å². The summed E-state index contributed by atoms with van der Waals surface area (Å²) in [5, 5.41) is 3.34. The van der Waals surface area contributed by atoms with Gasteiger partial charge in [0.25, 0.3) is 0 Å². The van der Waals surface area contributed by atoms with Crippen molar-refractivity contribution in [2.75, 3.05) is 11.9 Å². The third kappa shape index (κ3) is 2.47. The van der Waals surface area contributed by atoms with Crippen molar-refractivity contribution in [3.05, 3.63) is 48.2 Å². The SMILES string of the molecule is Cc1nc2ccccc2nc1NCCc1nccn1C. The Morgan fingerprint density at radius 1 is 1.15 bits per heavy atom. The predicted molar refractivity (Wildman–Crippen MR) is 79.7 cm³/mol. The van der Waals surface area contributed by atoms with Crippen LogP contribution in [0.4, 0.5) is 5.82 Å². The minimum atomic E-state index is 0.790. The quantitative estimate of drug-likeness (QED) is 0.788. The van der Waals surface area contributed by atoms with Crippen LogP contribution in [0, 0.1) is 6.92 Å². The lowest BCUT2D eigenvalue weighted by Crippen LogP contribution is -2.11. The minimum Gasteiger partial charge on any atom is -0.368 e. The van der Waals surface area contributed by atoms with E-state index in [2.05, 4.69) is 20.3 Å². The molecule has 0 bridgehead atoms. The topological polar surface area (TPSA) is 55.6 Å². The number of fused-ring (bicyclic) bond motifs is 1. The maximum atomic E-state index is 4.62. The van der Waals surface area contributed by atoms with E-state index in [1.165, 1.54) is 0 Å². The van der Waals surface area contributed by atoms with Crippen molar-refractivity contribution in [3.63, 3.8) is 0 Å². The van der Waals surface area contributed by atoms with E-state index < -0.39 is 0 Å². The van der Waals surface area contributed by atoms with E-state index in [9.17, 15) is 0 Å². The zero-order chi connectivity index (χ0) is 13.9. The molecule has 0 amide bonds. The van der Waals surface area contributed by atoms with Gasteiger partial charge >= 0.3 is 0 Å². The Balaban J connectivity index is 1.74.